The van der Waals surface area contributed by atoms with Crippen LogP contribution in [0.1, 0.15) is 56.8 Å². The molecule has 10 nitrogen and oxygen atoms in total. The van der Waals surface area contributed by atoms with Crippen molar-refractivity contribution >= 4 is 44.7 Å². The van der Waals surface area contributed by atoms with Crippen LogP contribution in [0.3, 0.4) is 0 Å². The lowest BCUT2D eigenvalue weighted by atomic mass is 9.87. The van der Waals surface area contributed by atoms with Gasteiger partial charge in [0.15, 0.2) is 23.0 Å². The van der Waals surface area contributed by atoms with Crippen molar-refractivity contribution in [1.82, 2.24) is 0 Å². The molecule has 2 amide bonds. The minimum absolute atomic E-state index is 0.296. The molecule has 0 bridgehead atoms. The molecule has 0 unspecified atom stereocenters. The van der Waals surface area contributed by atoms with Crippen LogP contribution in [0.15, 0.2) is 72.8 Å². The van der Waals surface area contributed by atoms with Crippen molar-refractivity contribution in [3.8, 4) is 45.6 Å². The number of hydrogen-bond acceptors (Lipinski definition) is 8. The first-order valence-corrected chi connectivity index (χ1v) is 18.4. The fourth-order valence-electron chi connectivity index (χ4n) is 7.43. The predicted octanol–water partition coefficient (Wildman–Crippen LogP) is 9.96. The first kappa shape index (κ1) is 39.3. The number of hydrogen-bond donors (Lipinski definition) is 2. The highest BCUT2D eigenvalue weighted by molar-refractivity contribution is 6.20. The number of carbonyl (C=O) groups excluding carboxylic acids is 2. The van der Waals surface area contributed by atoms with Gasteiger partial charge in [0.1, 0.15) is 11.5 Å². The third-order valence-electron chi connectivity index (χ3n) is 10.2. The van der Waals surface area contributed by atoms with Crippen LogP contribution >= 0.6 is 0 Å². The van der Waals surface area contributed by atoms with Gasteiger partial charge in [0.25, 0.3) is 11.8 Å². The lowest BCUT2D eigenvalue weighted by molar-refractivity contribution is 0.101. The van der Waals surface area contributed by atoms with Crippen molar-refractivity contribution in [2.45, 2.75) is 40.5 Å². The molecule has 0 aromatic heterocycles. The number of amides is 2. The number of fused-ring (bicyclic) bond motifs is 2. The zero-order valence-electron chi connectivity index (χ0n) is 33.6. The summed E-state index contributed by atoms with van der Waals surface area (Å²) in [6, 6.07) is 23.0. The van der Waals surface area contributed by atoms with Crippen LogP contribution in [0.4, 0.5) is 11.4 Å². The Morgan fingerprint density at radius 2 is 0.804 bits per heavy atom. The number of nitrogens with one attached hydrogen (secondary N) is 2. The van der Waals surface area contributed by atoms with Crippen molar-refractivity contribution in [3.05, 3.63) is 106 Å². The molecule has 6 aromatic carbocycles. The Kier molecular flexibility index (Phi) is 11.6. The van der Waals surface area contributed by atoms with E-state index >= 15 is 0 Å². The summed E-state index contributed by atoms with van der Waals surface area (Å²) >= 11 is 0. The van der Waals surface area contributed by atoms with Gasteiger partial charge in [-0.15, -0.1) is 0 Å². The number of ether oxygens (including phenoxy) is 6. The Labute approximate surface area is 327 Å². The summed E-state index contributed by atoms with van der Waals surface area (Å²) in [7, 11) is 9.27. The maximum atomic E-state index is 14.2. The van der Waals surface area contributed by atoms with Crippen molar-refractivity contribution in [2.24, 2.45) is 0 Å². The maximum absolute atomic E-state index is 14.2. The minimum atomic E-state index is -0.364. The zero-order valence-corrected chi connectivity index (χ0v) is 33.6. The molecule has 0 saturated heterocycles. The number of anilines is 2. The first-order valence-electron chi connectivity index (χ1n) is 18.4. The molecule has 10 heteroatoms. The van der Waals surface area contributed by atoms with Gasteiger partial charge < -0.3 is 39.1 Å². The normalized spacial score (nSPS) is 11.0. The van der Waals surface area contributed by atoms with Crippen molar-refractivity contribution in [1.29, 1.82) is 0 Å². The number of benzene rings is 6. The van der Waals surface area contributed by atoms with E-state index in [9.17, 15) is 9.59 Å². The van der Waals surface area contributed by atoms with E-state index in [-0.39, 0.29) is 11.8 Å². The zero-order chi connectivity index (χ0) is 40.3. The van der Waals surface area contributed by atoms with E-state index < -0.39 is 0 Å². The molecule has 0 radical (unpaired) electrons. The van der Waals surface area contributed by atoms with Crippen LogP contribution in [0.5, 0.6) is 34.5 Å². The Morgan fingerprint density at radius 3 is 1.09 bits per heavy atom. The van der Waals surface area contributed by atoms with Crippen LogP contribution in [-0.4, -0.2) is 54.5 Å². The molecule has 0 spiro atoms. The van der Waals surface area contributed by atoms with Crippen LogP contribution in [0.25, 0.3) is 32.7 Å². The number of methoxy groups -OCH3 is 6. The lowest BCUT2D eigenvalue weighted by Gasteiger charge is -2.24. The fourth-order valence-corrected chi connectivity index (χ4v) is 7.43. The van der Waals surface area contributed by atoms with E-state index in [1.54, 1.807) is 14.2 Å². The van der Waals surface area contributed by atoms with Gasteiger partial charge in [-0.1, -0.05) is 38.1 Å². The van der Waals surface area contributed by atoms with E-state index in [4.69, 9.17) is 28.4 Å². The molecule has 2 N–H and O–H groups in total. The van der Waals surface area contributed by atoms with E-state index in [1.165, 1.54) is 28.4 Å². The van der Waals surface area contributed by atoms with Gasteiger partial charge in [-0.05, 0) is 97.5 Å². The molecule has 290 valence electrons. The van der Waals surface area contributed by atoms with Crippen LogP contribution in [0.2, 0.25) is 0 Å². The summed E-state index contributed by atoms with van der Waals surface area (Å²) in [5.74, 6) is 1.58. The molecule has 0 aliphatic heterocycles. The van der Waals surface area contributed by atoms with Gasteiger partial charge in [0.2, 0.25) is 0 Å². The number of rotatable bonds is 13. The minimum Gasteiger partial charge on any atom is -0.495 e. The molecule has 0 saturated carbocycles. The summed E-state index contributed by atoms with van der Waals surface area (Å²) < 4.78 is 35.7. The molecule has 0 fully saturated rings. The SMILES string of the molecule is CCc1ccc(NC(=O)c2c(OC)c(OC)cc3c(OC)c(-c4c(C)cc5c(C(=O)Nc6ccc(CC)cc6)c(OC)c(OC)cc5c4OC)c(C)cc23)cc1. The van der Waals surface area contributed by atoms with Crippen LogP contribution < -0.4 is 39.1 Å². The van der Waals surface area contributed by atoms with Crippen LogP contribution in [0, 0.1) is 13.8 Å². The molecule has 0 atom stereocenters. The summed E-state index contributed by atoms with van der Waals surface area (Å²) in [6.07, 6.45) is 1.77. The monoisotopic (exact) mass is 756 g/mol. The van der Waals surface area contributed by atoms with Gasteiger partial charge >= 0.3 is 0 Å². The highest BCUT2D eigenvalue weighted by Crippen LogP contribution is 2.52. The quantitative estimate of drug-likeness (QED) is 0.120. The van der Waals surface area contributed by atoms with E-state index in [0.717, 1.165) is 46.2 Å². The highest BCUT2D eigenvalue weighted by atomic mass is 16.5. The topological polar surface area (TPSA) is 114 Å². The second-order valence-electron chi connectivity index (χ2n) is 13.4. The number of aryl methyl sites for hydroxylation is 4. The molecular formula is C46H48N2O8. The van der Waals surface area contributed by atoms with Gasteiger partial charge in [-0.3, -0.25) is 9.59 Å². The van der Waals surface area contributed by atoms with Crippen molar-refractivity contribution in [2.75, 3.05) is 53.3 Å². The van der Waals surface area contributed by atoms with Gasteiger partial charge in [-0.25, -0.2) is 0 Å². The van der Waals surface area contributed by atoms with Gasteiger partial charge in [0, 0.05) is 44.0 Å². The molecule has 6 rings (SSSR count). The molecular weight excluding hydrogens is 709 g/mol. The molecule has 56 heavy (non-hydrogen) atoms. The summed E-state index contributed by atoms with van der Waals surface area (Å²) in [6.45, 7) is 8.08. The smallest absolute Gasteiger partial charge is 0.260 e. The Bertz CT molecular complexity index is 2280. The number of carbonyl (C=O) groups is 2. The summed E-state index contributed by atoms with van der Waals surface area (Å²) in [5.41, 5.74) is 7.30. The summed E-state index contributed by atoms with van der Waals surface area (Å²) in [4.78, 5) is 28.4. The molecule has 0 aliphatic rings. The second kappa shape index (κ2) is 16.5. The van der Waals surface area contributed by atoms with Gasteiger partial charge in [-0.2, -0.15) is 0 Å². The Morgan fingerprint density at radius 1 is 0.464 bits per heavy atom. The molecule has 6 aromatic rings. The summed E-state index contributed by atoms with van der Waals surface area (Å²) in [5, 5.41) is 8.56. The Hall–Kier alpha value is -6.42. The lowest BCUT2D eigenvalue weighted by Crippen LogP contribution is -2.15. The largest absolute Gasteiger partial charge is 0.495 e. The molecule has 0 heterocycles. The Balaban J connectivity index is 1.60. The standard InChI is InChI=1S/C46H48N2O8/c1-11-27-13-17-29(18-14-27)47-45(49)39-31-21-25(3)37(41(53-7)33(31)23-35(51-5)43(39)55-9)38-26(4)22-32-34(42(38)54-8)24-36(52-6)44(56-10)40(32)46(50)48-30-19-15-28(12-2)16-20-30/h13-24H,11-12H2,1-10H3,(H,47,49)(H,48,50). The second-order valence-corrected chi connectivity index (χ2v) is 13.4. The highest BCUT2D eigenvalue weighted by Gasteiger charge is 2.30. The van der Waals surface area contributed by atoms with E-state index in [2.05, 4.69) is 24.5 Å². The van der Waals surface area contributed by atoms with Gasteiger partial charge in [0.05, 0.1) is 53.8 Å². The average Bonchev–Trinajstić information content (AvgIpc) is 3.21. The van der Waals surface area contributed by atoms with E-state index in [0.29, 0.717) is 78.5 Å². The average molecular weight is 757 g/mol. The van der Waals surface area contributed by atoms with E-state index in [1.807, 2.05) is 86.6 Å². The molecule has 0 aliphatic carbocycles. The third-order valence-corrected chi connectivity index (χ3v) is 10.2. The maximum Gasteiger partial charge on any atom is 0.260 e. The van der Waals surface area contributed by atoms with Crippen LogP contribution in [-0.2, 0) is 12.8 Å². The first-order chi connectivity index (χ1) is 27.1. The van der Waals surface area contributed by atoms with Crippen molar-refractivity contribution in [3.63, 3.8) is 0 Å². The predicted molar refractivity (Wildman–Crippen MR) is 223 cm³/mol. The third kappa shape index (κ3) is 6.98. The van der Waals surface area contributed by atoms with Crippen molar-refractivity contribution < 1.29 is 38.0 Å². The fraction of sp³-hybridized carbons (Fsp3) is 0.261.